The molecule has 7 nitrogen and oxygen atoms in total. The number of rotatable bonds is 13. The Morgan fingerprint density at radius 3 is 2.26 bits per heavy atom. The zero-order chi connectivity index (χ0) is 26.0. The van der Waals surface area contributed by atoms with Crippen molar-refractivity contribution in [3.63, 3.8) is 0 Å². The molecule has 0 saturated heterocycles. The number of carbonyl (C=O) groups excluding carboxylic acids is 2. The third-order valence-electron chi connectivity index (χ3n) is 5.81. The monoisotopic (exact) mass is 504 g/mol. The highest BCUT2D eigenvalue weighted by atomic mass is 32.1. The zero-order valence-corrected chi connectivity index (χ0v) is 23.0. The van der Waals surface area contributed by atoms with Crippen molar-refractivity contribution in [1.82, 2.24) is 9.80 Å². The summed E-state index contributed by atoms with van der Waals surface area (Å²) in [4.78, 5) is 31.3. The van der Waals surface area contributed by atoms with Crippen LogP contribution in [0.4, 0.5) is 0 Å². The fraction of sp³-hybridized carbons (Fsp3) is 0.556. The number of hydrogen-bond donors (Lipinski definition) is 0. The van der Waals surface area contributed by atoms with Crippen LogP contribution < -0.4 is 9.47 Å². The van der Waals surface area contributed by atoms with Gasteiger partial charge >= 0.3 is 0 Å². The second kappa shape index (κ2) is 13.5. The Balaban J connectivity index is 2.22. The first-order valence-electron chi connectivity index (χ1n) is 11.9. The number of amides is 2. The van der Waals surface area contributed by atoms with E-state index in [4.69, 9.17) is 14.2 Å². The molecule has 0 aliphatic heterocycles. The Labute approximate surface area is 214 Å². The van der Waals surface area contributed by atoms with Gasteiger partial charge in [0, 0.05) is 37.1 Å². The summed E-state index contributed by atoms with van der Waals surface area (Å²) in [5.74, 6) is 1.24. The third kappa shape index (κ3) is 8.54. The van der Waals surface area contributed by atoms with Crippen LogP contribution in [0.15, 0.2) is 29.6 Å². The molecule has 194 valence electrons. The van der Waals surface area contributed by atoms with Crippen molar-refractivity contribution in [1.29, 1.82) is 0 Å². The lowest BCUT2D eigenvalue weighted by atomic mass is 9.94. The van der Waals surface area contributed by atoms with Crippen molar-refractivity contribution in [2.24, 2.45) is 5.41 Å². The van der Waals surface area contributed by atoms with E-state index in [2.05, 4.69) is 13.0 Å². The maximum Gasteiger partial charge on any atom is 0.242 e. The van der Waals surface area contributed by atoms with Gasteiger partial charge in [-0.05, 0) is 54.5 Å². The van der Waals surface area contributed by atoms with E-state index < -0.39 is 5.41 Å². The Hall–Kier alpha value is -2.58. The molecule has 0 fully saturated rings. The molecular weight excluding hydrogens is 464 g/mol. The number of hydrogen-bond acceptors (Lipinski definition) is 6. The number of benzene rings is 1. The van der Waals surface area contributed by atoms with Crippen molar-refractivity contribution < 1.29 is 23.8 Å². The Morgan fingerprint density at radius 2 is 1.69 bits per heavy atom. The van der Waals surface area contributed by atoms with Crippen LogP contribution in [0.1, 0.15) is 43.2 Å². The summed E-state index contributed by atoms with van der Waals surface area (Å²) in [6.07, 6.45) is 1.34. The van der Waals surface area contributed by atoms with Crippen LogP contribution >= 0.6 is 11.3 Å². The number of aryl methyl sites for hydroxylation is 1. The maximum atomic E-state index is 13.6. The molecule has 1 aromatic heterocycles. The largest absolute Gasteiger partial charge is 0.493 e. The van der Waals surface area contributed by atoms with Gasteiger partial charge in [0.25, 0.3) is 0 Å². The van der Waals surface area contributed by atoms with E-state index in [0.717, 1.165) is 10.4 Å². The second-order valence-corrected chi connectivity index (χ2v) is 10.6. The SMILES string of the molecule is COCCCN(CC(=O)N(CCc1ccc(OC)c(OC)c1)Cc1sccc1C)C(=O)C(C)(C)C. The first kappa shape index (κ1) is 28.7. The zero-order valence-electron chi connectivity index (χ0n) is 22.2. The van der Waals surface area contributed by atoms with Crippen LogP contribution in [0.2, 0.25) is 0 Å². The number of carbonyl (C=O) groups is 2. The van der Waals surface area contributed by atoms with E-state index in [1.54, 1.807) is 37.6 Å². The van der Waals surface area contributed by atoms with Crippen LogP contribution in [0.3, 0.4) is 0 Å². The molecule has 0 saturated carbocycles. The Bertz CT molecular complexity index is 967. The first-order valence-corrected chi connectivity index (χ1v) is 12.8. The number of ether oxygens (including phenoxy) is 3. The molecule has 0 unspecified atom stereocenters. The topological polar surface area (TPSA) is 68.3 Å². The summed E-state index contributed by atoms with van der Waals surface area (Å²) in [7, 11) is 4.86. The average Bonchev–Trinajstić information content (AvgIpc) is 3.23. The van der Waals surface area contributed by atoms with E-state index in [1.165, 1.54) is 5.56 Å². The van der Waals surface area contributed by atoms with Gasteiger partial charge in [0.05, 0.1) is 27.3 Å². The standard InChI is InChI=1S/C27H40N2O5S/c1-20-12-16-35-24(20)18-28(14-11-21-9-10-22(33-6)23(17-21)34-7)25(30)19-29(13-8-15-32-5)26(31)27(2,3)4/h9-10,12,16-17H,8,11,13-15,18-19H2,1-7H3. The fourth-order valence-electron chi connectivity index (χ4n) is 3.72. The molecule has 0 bridgehead atoms. The van der Waals surface area contributed by atoms with Gasteiger partial charge in [-0.25, -0.2) is 0 Å². The molecule has 2 rings (SSSR count). The van der Waals surface area contributed by atoms with Crippen LogP contribution in [-0.2, 0) is 27.3 Å². The first-order chi connectivity index (χ1) is 16.6. The number of methoxy groups -OCH3 is 3. The highest BCUT2D eigenvalue weighted by molar-refractivity contribution is 7.10. The molecule has 0 atom stereocenters. The summed E-state index contributed by atoms with van der Waals surface area (Å²) in [5.41, 5.74) is 1.65. The van der Waals surface area contributed by atoms with Crippen molar-refractivity contribution in [2.45, 2.75) is 47.1 Å². The summed E-state index contributed by atoms with van der Waals surface area (Å²) in [6.45, 7) is 9.83. The van der Waals surface area contributed by atoms with E-state index >= 15 is 0 Å². The van der Waals surface area contributed by atoms with Crippen LogP contribution in [-0.4, -0.2) is 69.2 Å². The summed E-state index contributed by atoms with van der Waals surface area (Å²) in [5, 5.41) is 2.04. The van der Waals surface area contributed by atoms with Gasteiger partial charge in [0.15, 0.2) is 11.5 Å². The molecule has 0 aliphatic rings. The highest BCUT2D eigenvalue weighted by Gasteiger charge is 2.29. The molecule has 2 aromatic rings. The quantitative estimate of drug-likeness (QED) is 0.374. The van der Waals surface area contributed by atoms with Crippen molar-refractivity contribution in [2.75, 3.05) is 47.6 Å². The van der Waals surface area contributed by atoms with E-state index in [0.29, 0.717) is 50.6 Å². The van der Waals surface area contributed by atoms with Crippen molar-refractivity contribution in [3.8, 4) is 11.5 Å². The second-order valence-electron chi connectivity index (χ2n) is 9.60. The molecule has 8 heteroatoms. The number of nitrogens with zero attached hydrogens (tertiary/aromatic N) is 2. The van der Waals surface area contributed by atoms with Gasteiger partial charge < -0.3 is 24.0 Å². The highest BCUT2D eigenvalue weighted by Crippen LogP contribution is 2.28. The predicted molar refractivity (Wildman–Crippen MR) is 140 cm³/mol. The average molecular weight is 505 g/mol. The Kier molecular flexibility index (Phi) is 11.0. The lowest BCUT2D eigenvalue weighted by Crippen LogP contribution is -2.47. The molecule has 0 N–H and O–H groups in total. The molecule has 1 heterocycles. The van der Waals surface area contributed by atoms with Gasteiger partial charge in [-0.3, -0.25) is 9.59 Å². The predicted octanol–water partition coefficient (Wildman–Crippen LogP) is 4.56. The molecule has 0 spiro atoms. The lowest BCUT2D eigenvalue weighted by molar-refractivity contribution is -0.146. The van der Waals surface area contributed by atoms with Crippen LogP contribution in [0, 0.1) is 12.3 Å². The van der Waals surface area contributed by atoms with Crippen LogP contribution in [0.5, 0.6) is 11.5 Å². The Morgan fingerprint density at radius 1 is 0.971 bits per heavy atom. The summed E-state index contributed by atoms with van der Waals surface area (Å²) < 4.78 is 15.9. The summed E-state index contributed by atoms with van der Waals surface area (Å²) >= 11 is 1.65. The van der Waals surface area contributed by atoms with E-state index in [1.807, 2.05) is 49.3 Å². The minimum absolute atomic E-state index is 0.0332. The van der Waals surface area contributed by atoms with Crippen LogP contribution in [0.25, 0.3) is 0 Å². The van der Waals surface area contributed by atoms with E-state index in [-0.39, 0.29) is 18.4 Å². The minimum Gasteiger partial charge on any atom is -0.493 e. The van der Waals surface area contributed by atoms with Crippen molar-refractivity contribution in [3.05, 3.63) is 45.6 Å². The van der Waals surface area contributed by atoms with Gasteiger partial charge in [-0.15, -0.1) is 11.3 Å². The smallest absolute Gasteiger partial charge is 0.242 e. The normalized spacial score (nSPS) is 11.3. The maximum absolute atomic E-state index is 13.6. The molecule has 1 aromatic carbocycles. The summed E-state index contributed by atoms with van der Waals surface area (Å²) in [6, 6.07) is 7.87. The van der Waals surface area contributed by atoms with E-state index in [9.17, 15) is 9.59 Å². The van der Waals surface area contributed by atoms with Gasteiger partial charge in [0.1, 0.15) is 0 Å². The van der Waals surface area contributed by atoms with Gasteiger partial charge in [-0.1, -0.05) is 26.8 Å². The van der Waals surface area contributed by atoms with Crippen molar-refractivity contribution >= 4 is 23.2 Å². The fourth-order valence-corrected chi connectivity index (χ4v) is 4.64. The molecular formula is C27H40N2O5S. The molecule has 0 aliphatic carbocycles. The molecule has 35 heavy (non-hydrogen) atoms. The lowest BCUT2D eigenvalue weighted by Gasteiger charge is -2.31. The molecule has 2 amide bonds. The third-order valence-corrected chi connectivity index (χ3v) is 6.81. The van der Waals surface area contributed by atoms with Gasteiger partial charge in [-0.2, -0.15) is 0 Å². The number of thiophene rings is 1. The van der Waals surface area contributed by atoms with Gasteiger partial charge in [0.2, 0.25) is 11.8 Å². The molecule has 0 radical (unpaired) electrons. The minimum atomic E-state index is -0.567.